The van der Waals surface area contributed by atoms with Crippen LogP contribution in [0.15, 0.2) is 18.3 Å². The van der Waals surface area contributed by atoms with E-state index in [1.807, 2.05) is 0 Å². The molecule has 0 aliphatic heterocycles. The first kappa shape index (κ1) is 10.5. The molecule has 0 saturated carbocycles. The van der Waals surface area contributed by atoms with E-state index in [9.17, 15) is 9.18 Å². The zero-order chi connectivity index (χ0) is 11.7. The number of hydrogen-bond donors (Lipinski definition) is 2. The lowest BCUT2D eigenvalue weighted by molar-refractivity contribution is -0.136. The monoisotopic (exact) mass is 223 g/mol. The first-order valence-electron chi connectivity index (χ1n) is 4.67. The molecule has 16 heavy (non-hydrogen) atoms. The van der Waals surface area contributed by atoms with Crippen molar-refractivity contribution < 1.29 is 19.0 Å². The van der Waals surface area contributed by atoms with E-state index in [1.54, 1.807) is 6.20 Å². The van der Waals surface area contributed by atoms with Gasteiger partial charge in [0.15, 0.2) is 0 Å². The Morgan fingerprint density at radius 2 is 2.31 bits per heavy atom. The largest absolute Gasteiger partial charge is 0.496 e. The van der Waals surface area contributed by atoms with E-state index in [2.05, 4.69) is 4.98 Å². The summed E-state index contributed by atoms with van der Waals surface area (Å²) >= 11 is 0. The van der Waals surface area contributed by atoms with Gasteiger partial charge in [-0.15, -0.1) is 0 Å². The smallest absolute Gasteiger partial charge is 0.307 e. The summed E-state index contributed by atoms with van der Waals surface area (Å²) in [7, 11) is 1.42. The van der Waals surface area contributed by atoms with Crippen LogP contribution in [0.25, 0.3) is 10.9 Å². The molecule has 0 saturated heterocycles. The van der Waals surface area contributed by atoms with Crippen LogP contribution < -0.4 is 4.74 Å². The van der Waals surface area contributed by atoms with Crippen LogP contribution in [0.2, 0.25) is 0 Å². The number of aromatic nitrogens is 1. The Morgan fingerprint density at radius 3 is 2.94 bits per heavy atom. The fraction of sp³-hybridized carbons (Fsp3) is 0.182. The van der Waals surface area contributed by atoms with Crippen LogP contribution in [0.4, 0.5) is 4.39 Å². The number of fused-ring (bicyclic) bond motifs is 1. The summed E-state index contributed by atoms with van der Waals surface area (Å²) in [6, 6.07) is 2.55. The highest BCUT2D eigenvalue weighted by Gasteiger charge is 2.13. The molecule has 0 aliphatic rings. The van der Waals surface area contributed by atoms with Crippen molar-refractivity contribution in [3.63, 3.8) is 0 Å². The minimum atomic E-state index is -0.938. The topological polar surface area (TPSA) is 62.3 Å². The number of hydrogen-bond acceptors (Lipinski definition) is 2. The van der Waals surface area contributed by atoms with E-state index in [-0.39, 0.29) is 6.42 Å². The molecule has 0 radical (unpaired) electrons. The number of ether oxygens (including phenoxy) is 1. The number of benzene rings is 1. The fourth-order valence-corrected chi connectivity index (χ4v) is 1.73. The van der Waals surface area contributed by atoms with E-state index < -0.39 is 11.8 Å². The number of aliphatic carboxylic acids is 1. The van der Waals surface area contributed by atoms with E-state index >= 15 is 0 Å². The van der Waals surface area contributed by atoms with Crippen LogP contribution in [0, 0.1) is 5.82 Å². The zero-order valence-electron chi connectivity index (χ0n) is 8.58. The molecule has 2 N–H and O–H groups in total. The Kier molecular flexibility index (Phi) is 2.52. The Balaban J connectivity index is 2.64. The predicted octanol–water partition coefficient (Wildman–Crippen LogP) is 1.94. The number of aromatic amines is 1. The van der Waals surface area contributed by atoms with Crippen LogP contribution in [-0.4, -0.2) is 23.2 Å². The SMILES string of the molecule is COc1cc(F)cc2[nH]cc(CC(=O)O)c12. The number of carboxylic acid groups (broad SMARTS) is 1. The van der Waals surface area contributed by atoms with Crippen LogP contribution in [0.5, 0.6) is 5.75 Å². The Morgan fingerprint density at radius 1 is 1.56 bits per heavy atom. The Labute approximate surface area is 90.7 Å². The van der Waals surface area contributed by atoms with Crippen molar-refractivity contribution in [3.8, 4) is 5.75 Å². The Hall–Kier alpha value is -2.04. The van der Waals surface area contributed by atoms with Gasteiger partial charge in [-0.1, -0.05) is 0 Å². The molecule has 0 fully saturated rings. The fourth-order valence-electron chi connectivity index (χ4n) is 1.73. The number of nitrogens with one attached hydrogen (secondary N) is 1. The standard InChI is InChI=1S/C11H10FNO3/c1-16-9-4-7(12)3-8-11(9)6(5-13-8)2-10(14)15/h3-5,13H,2H2,1H3,(H,14,15). The number of rotatable bonds is 3. The maximum atomic E-state index is 13.1. The molecule has 84 valence electrons. The number of carboxylic acids is 1. The third kappa shape index (κ3) is 1.71. The van der Waals surface area contributed by atoms with Gasteiger partial charge in [-0.05, 0) is 11.6 Å². The summed E-state index contributed by atoms with van der Waals surface area (Å²) in [4.78, 5) is 13.5. The highest BCUT2D eigenvalue weighted by molar-refractivity contribution is 5.92. The van der Waals surface area contributed by atoms with Gasteiger partial charge >= 0.3 is 5.97 Å². The second-order valence-electron chi connectivity index (χ2n) is 3.42. The van der Waals surface area contributed by atoms with E-state index in [0.717, 1.165) is 0 Å². The van der Waals surface area contributed by atoms with Gasteiger partial charge in [0.1, 0.15) is 11.6 Å². The second kappa shape index (κ2) is 3.84. The normalized spacial score (nSPS) is 10.6. The maximum Gasteiger partial charge on any atom is 0.307 e. The molecule has 0 unspecified atom stereocenters. The molecule has 1 heterocycles. The van der Waals surface area contributed by atoms with Gasteiger partial charge in [-0.3, -0.25) is 4.79 Å². The van der Waals surface area contributed by atoms with Gasteiger partial charge in [0.25, 0.3) is 0 Å². The van der Waals surface area contributed by atoms with E-state index in [1.165, 1.54) is 19.2 Å². The van der Waals surface area contributed by atoms with Crippen molar-refractivity contribution in [2.75, 3.05) is 7.11 Å². The lowest BCUT2D eigenvalue weighted by Gasteiger charge is -2.04. The third-order valence-electron chi connectivity index (χ3n) is 2.35. The first-order chi connectivity index (χ1) is 7.61. The summed E-state index contributed by atoms with van der Waals surface area (Å²) in [6.07, 6.45) is 1.43. The van der Waals surface area contributed by atoms with Crippen LogP contribution >= 0.6 is 0 Å². The van der Waals surface area contributed by atoms with Crippen molar-refractivity contribution in [3.05, 3.63) is 29.7 Å². The molecule has 1 aromatic carbocycles. The summed E-state index contributed by atoms with van der Waals surface area (Å²) in [5.41, 5.74) is 1.12. The zero-order valence-corrected chi connectivity index (χ0v) is 8.58. The van der Waals surface area contributed by atoms with Crippen molar-refractivity contribution in [1.82, 2.24) is 4.98 Å². The first-order valence-corrected chi connectivity index (χ1v) is 4.67. The summed E-state index contributed by atoms with van der Waals surface area (Å²) in [5.74, 6) is -1.02. The molecule has 1 aromatic heterocycles. The van der Waals surface area contributed by atoms with Gasteiger partial charge in [0.05, 0.1) is 19.0 Å². The van der Waals surface area contributed by atoms with Gasteiger partial charge < -0.3 is 14.8 Å². The maximum absolute atomic E-state index is 13.1. The van der Waals surface area contributed by atoms with Crippen molar-refractivity contribution in [2.24, 2.45) is 0 Å². The number of H-pyrrole nitrogens is 1. The van der Waals surface area contributed by atoms with Gasteiger partial charge in [-0.2, -0.15) is 0 Å². The average molecular weight is 223 g/mol. The molecule has 0 aliphatic carbocycles. The summed E-state index contributed by atoms with van der Waals surface area (Å²) < 4.78 is 18.2. The molecule has 0 spiro atoms. The highest BCUT2D eigenvalue weighted by atomic mass is 19.1. The highest BCUT2D eigenvalue weighted by Crippen LogP contribution is 2.30. The number of halogens is 1. The molecule has 4 nitrogen and oxygen atoms in total. The van der Waals surface area contributed by atoms with Crippen LogP contribution in [-0.2, 0) is 11.2 Å². The summed E-state index contributed by atoms with van der Waals surface area (Å²) in [5, 5.41) is 9.35. The van der Waals surface area contributed by atoms with Gasteiger partial charge in [-0.25, -0.2) is 4.39 Å². The number of carbonyl (C=O) groups is 1. The lowest BCUT2D eigenvalue weighted by Crippen LogP contribution is -1.99. The number of methoxy groups -OCH3 is 1. The molecule has 5 heteroatoms. The molecule has 0 bridgehead atoms. The Bertz CT molecular complexity index is 547. The predicted molar refractivity (Wildman–Crippen MR) is 56.1 cm³/mol. The molecule has 0 amide bonds. The lowest BCUT2D eigenvalue weighted by atomic mass is 10.1. The average Bonchev–Trinajstić information content (AvgIpc) is 2.59. The van der Waals surface area contributed by atoms with Crippen molar-refractivity contribution in [1.29, 1.82) is 0 Å². The van der Waals surface area contributed by atoms with Crippen LogP contribution in [0.3, 0.4) is 0 Å². The van der Waals surface area contributed by atoms with E-state index in [0.29, 0.717) is 22.2 Å². The summed E-state index contributed by atoms with van der Waals surface area (Å²) in [6.45, 7) is 0. The van der Waals surface area contributed by atoms with Gasteiger partial charge in [0, 0.05) is 17.6 Å². The third-order valence-corrected chi connectivity index (χ3v) is 2.35. The molecule has 0 atom stereocenters. The van der Waals surface area contributed by atoms with E-state index in [4.69, 9.17) is 9.84 Å². The van der Waals surface area contributed by atoms with Crippen LogP contribution in [0.1, 0.15) is 5.56 Å². The van der Waals surface area contributed by atoms with Gasteiger partial charge in [0.2, 0.25) is 0 Å². The molecular formula is C11H10FNO3. The minimum Gasteiger partial charge on any atom is -0.496 e. The molecular weight excluding hydrogens is 213 g/mol. The molecule has 2 rings (SSSR count). The van der Waals surface area contributed by atoms with Crippen molar-refractivity contribution in [2.45, 2.75) is 6.42 Å². The van der Waals surface area contributed by atoms with Crippen molar-refractivity contribution >= 4 is 16.9 Å². The quantitative estimate of drug-likeness (QED) is 0.835. The second-order valence-corrected chi connectivity index (χ2v) is 3.42. The molecule has 2 aromatic rings. The minimum absolute atomic E-state index is 0.123.